The van der Waals surface area contributed by atoms with Crippen molar-refractivity contribution in [3.05, 3.63) is 29.8 Å². The van der Waals surface area contributed by atoms with Crippen LogP contribution in [0, 0.1) is 11.3 Å². The minimum absolute atomic E-state index is 0.133. The molecule has 1 aromatic rings. The molecule has 4 heteroatoms. The second-order valence-electron chi connectivity index (χ2n) is 3.19. The number of aliphatic hydroxyl groups is 1. The lowest BCUT2D eigenvalue weighted by Crippen LogP contribution is -2.11. The highest BCUT2D eigenvalue weighted by Crippen LogP contribution is 2.26. The molecule has 1 rings (SSSR count). The normalized spacial score (nSPS) is 11.8. The Morgan fingerprint density at radius 2 is 2.19 bits per heavy atom. The predicted molar refractivity (Wildman–Crippen MR) is 59.0 cm³/mol. The van der Waals surface area contributed by atoms with Gasteiger partial charge in [-0.1, -0.05) is 18.2 Å². The van der Waals surface area contributed by atoms with Crippen molar-refractivity contribution < 1.29 is 14.6 Å². The third-order valence-corrected chi connectivity index (χ3v) is 2.18. The van der Waals surface area contributed by atoms with E-state index in [1.807, 2.05) is 30.3 Å². The van der Waals surface area contributed by atoms with E-state index in [1.54, 1.807) is 7.11 Å². The molecule has 0 fully saturated rings. The van der Waals surface area contributed by atoms with Gasteiger partial charge in [0.05, 0.1) is 32.8 Å². The lowest BCUT2D eigenvalue weighted by atomic mass is 10.1. The van der Waals surface area contributed by atoms with Gasteiger partial charge in [0.2, 0.25) is 0 Å². The van der Waals surface area contributed by atoms with Crippen LogP contribution in [0.15, 0.2) is 24.3 Å². The minimum atomic E-state index is -0.440. The summed E-state index contributed by atoms with van der Waals surface area (Å²) in [6.07, 6.45) is -0.129. The highest BCUT2D eigenvalue weighted by molar-refractivity contribution is 5.35. The average Bonchev–Trinajstić information content (AvgIpc) is 2.35. The Morgan fingerprint density at radius 1 is 1.44 bits per heavy atom. The van der Waals surface area contributed by atoms with Gasteiger partial charge in [-0.25, -0.2) is 0 Å². The molecule has 1 atom stereocenters. The van der Waals surface area contributed by atoms with Gasteiger partial charge >= 0.3 is 0 Å². The number of para-hydroxylation sites is 1. The monoisotopic (exact) mass is 221 g/mol. The first-order chi connectivity index (χ1) is 7.83. The first kappa shape index (κ1) is 12.5. The zero-order chi connectivity index (χ0) is 11.8. The topological polar surface area (TPSA) is 62.5 Å². The van der Waals surface area contributed by atoms with Crippen molar-refractivity contribution in [2.75, 3.05) is 20.3 Å². The number of hydrogen-bond donors (Lipinski definition) is 1. The van der Waals surface area contributed by atoms with E-state index in [2.05, 4.69) is 0 Å². The molecule has 0 aliphatic rings. The second kappa shape index (κ2) is 6.83. The van der Waals surface area contributed by atoms with Crippen LogP contribution in [-0.4, -0.2) is 25.4 Å². The van der Waals surface area contributed by atoms with Crippen molar-refractivity contribution in [3.63, 3.8) is 0 Å². The molecule has 0 spiro atoms. The number of nitriles is 1. The maximum atomic E-state index is 9.24. The maximum absolute atomic E-state index is 9.24. The fourth-order valence-corrected chi connectivity index (χ4v) is 1.42. The number of rotatable bonds is 6. The molecule has 0 radical (unpaired) electrons. The lowest BCUT2D eigenvalue weighted by Gasteiger charge is -2.17. The van der Waals surface area contributed by atoms with Crippen LogP contribution in [-0.2, 0) is 4.74 Å². The van der Waals surface area contributed by atoms with Gasteiger partial charge in [-0.05, 0) is 6.07 Å². The summed E-state index contributed by atoms with van der Waals surface area (Å²) in [6.45, 7) is 0.172. The summed E-state index contributed by atoms with van der Waals surface area (Å²) in [6, 6.07) is 9.35. The highest BCUT2D eigenvalue weighted by atomic mass is 16.5. The van der Waals surface area contributed by atoms with Gasteiger partial charge in [0.1, 0.15) is 11.9 Å². The molecule has 0 unspecified atom stereocenters. The van der Waals surface area contributed by atoms with Crippen LogP contribution >= 0.6 is 0 Å². The van der Waals surface area contributed by atoms with Crippen LogP contribution in [0.4, 0.5) is 0 Å². The number of methoxy groups -OCH3 is 1. The predicted octanol–water partition coefficient (Wildman–Crippen LogP) is 1.66. The van der Waals surface area contributed by atoms with E-state index in [0.29, 0.717) is 18.8 Å². The SMILES string of the molecule is COc1ccccc1[C@H](CO)OCCC#N. The largest absolute Gasteiger partial charge is 0.496 e. The van der Waals surface area contributed by atoms with Gasteiger partial charge in [0.25, 0.3) is 0 Å². The third-order valence-electron chi connectivity index (χ3n) is 2.18. The van der Waals surface area contributed by atoms with Crippen LogP contribution in [0.5, 0.6) is 5.75 Å². The molecule has 0 heterocycles. The van der Waals surface area contributed by atoms with E-state index in [0.717, 1.165) is 5.56 Å². The summed E-state index contributed by atoms with van der Waals surface area (Å²) < 4.78 is 10.6. The van der Waals surface area contributed by atoms with Gasteiger partial charge < -0.3 is 14.6 Å². The van der Waals surface area contributed by atoms with Gasteiger partial charge in [0.15, 0.2) is 0 Å². The fourth-order valence-electron chi connectivity index (χ4n) is 1.42. The van der Waals surface area contributed by atoms with E-state index >= 15 is 0 Å². The maximum Gasteiger partial charge on any atom is 0.124 e. The summed E-state index contributed by atoms with van der Waals surface area (Å²) in [4.78, 5) is 0. The summed E-state index contributed by atoms with van der Waals surface area (Å²) in [5.74, 6) is 0.679. The van der Waals surface area contributed by atoms with Crippen LogP contribution < -0.4 is 4.74 Å². The van der Waals surface area contributed by atoms with E-state index in [4.69, 9.17) is 14.7 Å². The Morgan fingerprint density at radius 3 is 2.81 bits per heavy atom. The number of ether oxygens (including phenoxy) is 2. The Kier molecular flexibility index (Phi) is 5.34. The highest BCUT2D eigenvalue weighted by Gasteiger charge is 2.14. The van der Waals surface area contributed by atoms with Crippen molar-refractivity contribution in [1.29, 1.82) is 5.26 Å². The van der Waals surface area contributed by atoms with E-state index in [1.165, 1.54) is 0 Å². The van der Waals surface area contributed by atoms with Crippen LogP contribution in [0.3, 0.4) is 0 Å². The quantitative estimate of drug-likeness (QED) is 0.742. The number of aliphatic hydroxyl groups excluding tert-OH is 1. The van der Waals surface area contributed by atoms with E-state index < -0.39 is 6.10 Å². The average molecular weight is 221 g/mol. The smallest absolute Gasteiger partial charge is 0.124 e. The summed E-state index contributed by atoms with van der Waals surface area (Å²) in [5.41, 5.74) is 0.797. The Labute approximate surface area is 95.0 Å². The van der Waals surface area contributed by atoms with Crippen molar-refractivity contribution in [2.45, 2.75) is 12.5 Å². The van der Waals surface area contributed by atoms with Crippen molar-refractivity contribution in [2.24, 2.45) is 0 Å². The molecule has 16 heavy (non-hydrogen) atoms. The first-order valence-corrected chi connectivity index (χ1v) is 5.05. The molecule has 0 aliphatic carbocycles. The molecule has 86 valence electrons. The third kappa shape index (κ3) is 3.23. The Bertz CT molecular complexity index is 360. The van der Waals surface area contributed by atoms with E-state index in [9.17, 15) is 5.11 Å². The summed E-state index contributed by atoms with van der Waals surface area (Å²) in [7, 11) is 1.57. The Balaban J connectivity index is 2.74. The molecule has 0 saturated heterocycles. The summed E-state index contributed by atoms with van der Waals surface area (Å²) in [5, 5.41) is 17.6. The molecular weight excluding hydrogens is 206 g/mol. The zero-order valence-corrected chi connectivity index (χ0v) is 9.22. The van der Waals surface area contributed by atoms with Crippen LogP contribution in [0.25, 0.3) is 0 Å². The van der Waals surface area contributed by atoms with Gasteiger partial charge in [-0.2, -0.15) is 5.26 Å². The number of nitrogens with zero attached hydrogens (tertiary/aromatic N) is 1. The van der Waals surface area contributed by atoms with Crippen molar-refractivity contribution in [1.82, 2.24) is 0 Å². The van der Waals surface area contributed by atoms with Crippen LogP contribution in [0.2, 0.25) is 0 Å². The zero-order valence-electron chi connectivity index (χ0n) is 9.22. The Hall–Kier alpha value is -1.57. The standard InChI is InChI=1S/C12H15NO3/c1-15-11-6-3-2-5-10(11)12(9-14)16-8-4-7-13/h2-3,5-6,12,14H,4,8-9H2,1H3/t12-/m0/s1. The fraction of sp³-hybridized carbons (Fsp3) is 0.417. The minimum Gasteiger partial charge on any atom is -0.496 e. The summed E-state index contributed by atoms with van der Waals surface area (Å²) >= 11 is 0. The van der Waals surface area contributed by atoms with Gasteiger partial charge in [0, 0.05) is 5.56 Å². The van der Waals surface area contributed by atoms with Crippen molar-refractivity contribution >= 4 is 0 Å². The van der Waals surface area contributed by atoms with Crippen LogP contribution in [0.1, 0.15) is 18.1 Å². The molecule has 4 nitrogen and oxygen atoms in total. The first-order valence-electron chi connectivity index (χ1n) is 5.05. The van der Waals surface area contributed by atoms with Crippen molar-refractivity contribution in [3.8, 4) is 11.8 Å². The molecular formula is C12H15NO3. The second-order valence-corrected chi connectivity index (χ2v) is 3.19. The molecule has 0 bridgehead atoms. The molecule has 1 N–H and O–H groups in total. The molecule has 0 aliphatic heterocycles. The van der Waals surface area contributed by atoms with Gasteiger partial charge in [-0.3, -0.25) is 0 Å². The lowest BCUT2D eigenvalue weighted by molar-refractivity contribution is 0.0133. The number of benzene rings is 1. The molecule has 1 aromatic carbocycles. The molecule has 0 amide bonds. The molecule has 0 aromatic heterocycles. The number of hydrogen-bond acceptors (Lipinski definition) is 4. The van der Waals surface area contributed by atoms with Gasteiger partial charge in [-0.15, -0.1) is 0 Å². The molecule has 0 saturated carbocycles. The van der Waals surface area contributed by atoms with E-state index in [-0.39, 0.29) is 6.61 Å².